The maximum Gasteiger partial charge on any atom is 0.251 e. The van der Waals surface area contributed by atoms with Crippen molar-refractivity contribution < 1.29 is 14.3 Å². The molecule has 3 aromatic rings. The van der Waals surface area contributed by atoms with Crippen LogP contribution in [0.4, 0.5) is 0 Å². The smallest absolute Gasteiger partial charge is 0.251 e. The van der Waals surface area contributed by atoms with Crippen LogP contribution in [-0.4, -0.2) is 66.9 Å². The number of nitrogens with one attached hydrogen (secondary N) is 1. The van der Waals surface area contributed by atoms with Gasteiger partial charge in [-0.15, -0.1) is 11.3 Å². The van der Waals surface area contributed by atoms with Crippen LogP contribution in [-0.2, 0) is 11.3 Å². The van der Waals surface area contributed by atoms with E-state index < -0.39 is 0 Å². The average molecular weight is 477 g/mol. The lowest BCUT2D eigenvalue weighted by atomic mass is 10.1. The molecule has 1 saturated heterocycles. The van der Waals surface area contributed by atoms with E-state index in [9.17, 15) is 9.59 Å². The molecule has 0 bridgehead atoms. The molecule has 1 fully saturated rings. The minimum atomic E-state index is -0.126. The predicted molar refractivity (Wildman–Crippen MR) is 135 cm³/mol. The topological polar surface area (TPSA) is 74.8 Å². The molecule has 1 aliphatic rings. The third-order valence-electron chi connectivity index (χ3n) is 5.78. The summed E-state index contributed by atoms with van der Waals surface area (Å²) in [7, 11) is 3.26. The standard InChI is InChI=1S/C26H28N4O3S/c1-27-25(32)20-6-3-19(4-7-20)5-12-24(31)30-15-13-29(14-16-30)17-22-18-34-26(28-22)21-8-10-23(33-2)11-9-21/h3-12,18H,13-17H2,1-2H3,(H,27,32)/b12-5+. The molecule has 0 atom stereocenters. The van der Waals surface area contributed by atoms with Crippen LogP contribution in [0.25, 0.3) is 16.6 Å². The molecular formula is C26H28N4O3S. The molecule has 2 heterocycles. The first kappa shape index (κ1) is 23.7. The molecule has 8 heteroatoms. The average Bonchev–Trinajstić information content (AvgIpc) is 3.36. The van der Waals surface area contributed by atoms with Gasteiger partial charge in [-0.3, -0.25) is 14.5 Å². The van der Waals surface area contributed by atoms with Crippen molar-refractivity contribution in [2.75, 3.05) is 40.3 Å². The van der Waals surface area contributed by atoms with Crippen LogP contribution in [0.1, 0.15) is 21.6 Å². The maximum absolute atomic E-state index is 12.6. The Kier molecular flexibility index (Phi) is 7.72. The Bertz CT molecular complexity index is 1150. The van der Waals surface area contributed by atoms with Gasteiger partial charge in [0.15, 0.2) is 0 Å². The van der Waals surface area contributed by atoms with Crippen molar-refractivity contribution in [1.82, 2.24) is 20.1 Å². The third-order valence-corrected chi connectivity index (χ3v) is 6.72. The highest BCUT2D eigenvalue weighted by molar-refractivity contribution is 7.13. The molecule has 1 N–H and O–H groups in total. The molecule has 0 spiro atoms. The van der Waals surface area contributed by atoms with Crippen LogP contribution in [0.2, 0.25) is 0 Å². The number of amides is 2. The Labute approximate surface area is 203 Å². The predicted octanol–water partition coefficient (Wildman–Crippen LogP) is 3.54. The number of ether oxygens (including phenoxy) is 1. The summed E-state index contributed by atoms with van der Waals surface area (Å²) in [6.45, 7) is 3.79. The number of methoxy groups -OCH3 is 1. The molecule has 4 rings (SSSR count). The number of carbonyl (C=O) groups is 2. The van der Waals surface area contributed by atoms with Crippen molar-refractivity contribution in [3.63, 3.8) is 0 Å². The fraction of sp³-hybridized carbons (Fsp3) is 0.269. The van der Waals surface area contributed by atoms with Crippen LogP contribution in [0, 0.1) is 0 Å². The lowest BCUT2D eigenvalue weighted by Gasteiger charge is -2.33. The van der Waals surface area contributed by atoms with E-state index in [0.717, 1.165) is 47.2 Å². The summed E-state index contributed by atoms with van der Waals surface area (Å²) >= 11 is 1.64. The van der Waals surface area contributed by atoms with Crippen LogP contribution < -0.4 is 10.1 Å². The third kappa shape index (κ3) is 5.89. The SMILES string of the molecule is CNC(=O)c1ccc(/C=C/C(=O)N2CCN(Cc3csc(-c4ccc(OC)cc4)n3)CC2)cc1. The molecule has 0 unspecified atom stereocenters. The van der Waals surface area contributed by atoms with Gasteiger partial charge in [-0.05, 0) is 48.0 Å². The van der Waals surface area contributed by atoms with Gasteiger partial charge < -0.3 is 15.0 Å². The van der Waals surface area contributed by atoms with Crippen molar-refractivity contribution in [3.05, 3.63) is 76.8 Å². The molecule has 2 amide bonds. The lowest BCUT2D eigenvalue weighted by molar-refractivity contribution is -0.127. The second-order valence-electron chi connectivity index (χ2n) is 8.01. The number of hydrogen-bond donors (Lipinski definition) is 1. The molecule has 0 saturated carbocycles. The molecule has 0 radical (unpaired) electrons. The minimum absolute atomic E-state index is 0.00507. The Morgan fingerprint density at radius 1 is 1.06 bits per heavy atom. The monoisotopic (exact) mass is 476 g/mol. The van der Waals surface area contributed by atoms with E-state index in [2.05, 4.69) is 15.6 Å². The van der Waals surface area contributed by atoms with Crippen molar-refractivity contribution in [3.8, 4) is 16.3 Å². The number of piperazine rings is 1. The number of aromatic nitrogens is 1. The fourth-order valence-corrected chi connectivity index (χ4v) is 4.58. The number of rotatable bonds is 7. The molecule has 34 heavy (non-hydrogen) atoms. The van der Waals surface area contributed by atoms with E-state index in [1.165, 1.54) is 0 Å². The summed E-state index contributed by atoms with van der Waals surface area (Å²) in [5.41, 5.74) is 3.62. The van der Waals surface area contributed by atoms with Crippen molar-refractivity contribution in [1.29, 1.82) is 0 Å². The summed E-state index contributed by atoms with van der Waals surface area (Å²) in [5, 5.41) is 5.70. The van der Waals surface area contributed by atoms with Crippen LogP contribution in [0.5, 0.6) is 5.75 Å². The largest absolute Gasteiger partial charge is 0.497 e. The molecular weight excluding hydrogens is 448 g/mol. The lowest BCUT2D eigenvalue weighted by Crippen LogP contribution is -2.47. The zero-order chi connectivity index (χ0) is 23.9. The summed E-state index contributed by atoms with van der Waals surface area (Å²) in [4.78, 5) is 33.2. The van der Waals surface area contributed by atoms with Crippen molar-refractivity contribution in [2.24, 2.45) is 0 Å². The number of nitrogens with zero attached hydrogens (tertiary/aromatic N) is 3. The van der Waals surface area contributed by atoms with Crippen LogP contribution >= 0.6 is 11.3 Å². The van der Waals surface area contributed by atoms with Gasteiger partial charge in [0, 0.05) is 62.4 Å². The summed E-state index contributed by atoms with van der Waals surface area (Å²) in [6, 6.07) is 15.1. The number of hydrogen-bond acceptors (Lipinski definition) is 6. The summed E-state index contributed by atoms with van der Waals surface area (Å²) < 4.78 is 5.22. The number of benzene rings is 2. The molecule has 2 aromatic carbocycles. The molecule has 1 aliphatic heterocycles. The van der Waals surface area contributed by atoms with Crippen molar-refractivity contribution in [2.45, 2.75) is 6.54 Å². The highest BCUT2D eigenvalue weighted by Crippen LogP contribution is 2.26. The quantitative estimate of drug-likeness (QED) is 0.528. The van der Waals surface area contributed by atoms with Gasteiger partial charge in [0.05, 0.1) is 12.8 Å². The molecule has 0 aliphatic carbocycles. The van der Waals surface area contributed by atoms with Gasteiger partial charge in [0.1, 0.15) is 10.8 Å². The number of thiazole rings is 1. The van der Waals surface area contributed by atoms with Gasteiger partial charge >= 0.3 is 0 Å². The maximum atomic E-state index is 12.6. The summed E-state index contributed by atoms with van der Waals surface area (Å²) in [5.74, 6) is 0.714. The van der Waals surface area contributed by atoms with E-state index in [1.807, 2.05) is 41.3 Å². The fourth-order valence-electron chi connectivity index (χ4n) is 3.76. The van der Waals surface area contributed by atoms with E-state index in [1.54, 1.807) is 49.8 Å². The first-order valence-corrected chi connectivity index (χ1v) is 12.0. The van der Waals surface area contributed by atoms with Gasteiger partial charge in [-0.25, -0.2) is 4.98 Å². The first-order chi connectivity index (χ1) is 16.6. The van der Waals surface area contributed by atoms with Gasteiger partial charge in [0.2, 0.25) is 5.91 Å². The zero-order valence-electron chi connectivity index (χ0n) is 19.4. The normalized spacial score (nSPS) is 14.4. The van der Waals surface area contributed by atoms with Gasteiger partial charge in [0.25, 0.3) is 5.91 Å². The van der Waals surface area contributed by atoms with E-state index >= 15 is 0 Å². The van der Waals surface area contributed by atoms with Crippen LogP contribution in [0.3, 0.4) is 0 Å². The first-order valence-electron chi connectivity index (χ1n) is 11.2. The van der Waals surface area contributed by atoms with E-state index in [0.29, 0.717) is 18.7 Å². The second kappa shape index (κ2) is 11.1. The highest BCUT2D eigenvalue weighted by Gasteiger charge is 2.20. The number of carbonyl (C=O) groups excluding carboxylic acids is 2. The van der Waals surface area contributed by atoms with Gasteiger partial charge in [-0.1, -0.05) is 12.1 Å². The van der Waals surface area contributed by atoms with E-state index in [4.69, 9.17) is 9.72 Å². The Hall–Kier alpha value is -3.49. The highest BCUT2D eigenvalue weighted by atomic mass is 32.1. The molecule has 7 nitrogen and oxygen atoms in total. The van der Waals surface area contributed by atoms with Gasteiger partial charge in [-0.2, -0.15) is 0 Å². The molecule has 1 aromatic heterocycles. The zero-order valence-corrected chi connectivity index (χ0v) is 20.2. The Morgan fingerprint density at radius 3 is 2.41 bits per heavy atom. The second-order valence-corrected chi connectivity index (χ2v) is 8.87. The van der Waals surface area contributed by atoms with Crippen LogP contribution in [0.15, 0.2) is 60.0 Å². The van der Waals surface area contributed by atoms with E-state index in [-0.39, 0.29) is 11.8 Å². The Morgan fingerprint density at radius 2 is 1.76 bits per heavy atom. The van der Waals surface area contributed by atoms with Crippen molar-refractivity contribution >= 4 is 29.2 Å². The molecule has 176 valence electrons. The summed E-state index contributed by atoms with van der Waals surface area (Å²) in [6.07, 6.45) is 3.39. The Balaban J connectivity index is 1.26. The minimum Gasteiger partial charge on any atom is -0.497 e.